The molecule has 5 aromatic rings. The van der Waals surface area contributed by atoms with E-state index in [1.54, 1.807) is 78.9 Å². The van der Waals surface area contributed by atoms with E-state index in [1.807, 2.05) is 4.72 Å². The number of rotatable bonds is 24. The van der Waals surface area contributed by atoms with Crippen molar-refractivity contribution in [3.05, 3.63) is 107 Å². The fourth-order valence-corrected chi connectivity index (χ4v) is 8.04. The van der Waals surface area contributed by atoms with Crippen LogP contribution in [0.25, 0.3) is 11.2 Å². The maximum Gasteiger partial charge on any atom is 0.362 e. The second-order valence-corrected chi connectivity index (χ2v) is 17.5. The predicted octanol–water partition coefficient (Wildman–Crippen LogP) is 2.94. The van der Waals surface area contributed by atoms with Crippen LogP contribution in [0.5, 0.6) is 0 Å². The molecule has 69 heavy (non-hydrogen) atoms. The first kappa shape index (κ1) is 51.5. The molecule has 21 nitrogen and oxygen atoms in total. The van der Waals surface area contributed by atoms with Crippen molar-refractivity contribution < 1.29 is 51.2 Å². The van der Waals surface area contributed by atoms with Crippen molar-refractivity contribution >= 4 is 79.7 Å². The molecule has 3 heterocycles. The summed E-state index contributed by atoms with van der Waals surface area (Å²) >= 11 is 6.04. The molecule has 4 amide bonds. The smallest absolute Gasteiger partial charge is 0.362 e. The van der Waals surface area contributed by atoms with Crippen molar-refractivity contribution in [3.8, 4) is 12.3 Å². The lowest BCUT2D eigenvalue weighted by atomic mass is 10.0. The fourth-order valence-electron chi connectivity index (χ4n) is 7.10. The lowest BCUT2D eigenvalue weighted by Crippen LogP contribution is -2.46. The van der Waals surface area contributed by atoms with Gasteiger partial charge in [0.15, 0.2) is 23.5 Å². The Morgan fingerprint density at radius 2 is 1.52 bits per heavy atom. The maximum absolute atomic E-state index is 13.0. The third-order valence-electron chi connectivity index (χ3n) is 10.6. The van der Waals surface area contributed by atoms with Crippen LogP contribution in [-0.4, -0.2) is 107 Å². The highest BCUT2D eigenvalue weighted by molar-refractivity contribution is 7.85. The van der Waals surface area contributed by atoms with Crippen LogP contribution >= 0.6 is 11.6 Å². The van der Waals surface area contributed by atoms with E-state index in [2.05, 4.69) is 36.8 Å². The van der Waals surface area contributed by atoms with Crippen LogP contribution in [0, 0.1) is 12.3 Å². The first-order valence-electron chi connectivity index (χ1n) is 21.8. The number of hydrogen-bond acceptors (Lipinski definition) is 16. The van der Waals surface area contributed by atoms with Crippen molar-refractivity contribution in [1.29, 1.82) is 0 Å². The van der Waals surface area contributed by atoms with Gasteiger partial charge >= 0.3 is 10.3 Å². The fraction of sp³-hybridized carbons (Fsp3) is 0.348. The number of carbonyl (C=O) groups excluding carboxylic acids is 5. The minimum atomic E-state index is -4.71. The molecule has 0 radical (unpaired) electrons. The predicted molar refractivity (Wildman–Crippen MR) is 253 cm³/mol. The molecular weight excluding hydrogens is 936 g/mol. The number of terminal acetylenes is 1. The van der Waals surface area contributed by atoms with E-state index in [0.717, 1.165) is 5.56 Å². The normalized spacial score (nSPS) is 17.1. The van der Waals surface area contributed by atoms with Crippen molar-refractivity contribution in [1.82, 2.24) is 29.6 Å². The molecule has 0 aliphatic carbocycles. The van der Waals surface area contributed by atoms with E-state index in [4.69, 9.17) is 43.1 Å². The number of benzene rings is 3. The largest absolute Gasteiger partial charge is 0.386 e. The van der Waals surface area contributed by atoms with Crippen LogP contribution in [0.15, 0.2) is 85.2 Å². The van der Waals surface area contributed by atoms with Crippen LogP contribution in [-0.2, 0) is 49.6 Å². The number of aliphatic hydroxyl groups is 1. The van der Waals surface area contributed by atoms with Gasteiger partial charge in [0.25, 0.3) is 5.91 Å². The molecule has 0 spiro atoms. The van der Waals surface area contributed by atoms with Gasteiger partial charge in [-0.1, -0.05) is 30.3 Å². The third kappa shape index (κ3) is 14.8. The zero-order valence-electron chi connectivity index (χ0n) is 37.1. The zero-order valence-corrected chi connectivity index (χ0v) is 38.7. The number of aromatic nitrogens is 4. The number of ketones is 1. The molecule has 1 saturated heterocycles. The highest BCUT2D eigenvalue weighted by Crippen LogP contribution is 2.34. The van der Waals surface area contributed by atoms with Crippen molar-refractivity contribution in [3.63, 3.8) is 0 Å². The molecule has 364 valence electrons. The van der Waals surface area contributed by atoms with Crippen LogP contribution in [0.4, 0.5) is 17.2 Å². The Morgan fingerprint density at radius 3 is 2.17 bits per heavy atom. The van der Waals surface area contributed by atoms with Crippen LogP contribution in [0.3, 0.4) is 0 Å². The number of unbranched alkanes of at least 4 members (excludes halogenated alkanes) is 2. The lowest BCUT2D eigenvalue weighted by Gasteiger charge is -2.21. The lowest BCUT2D eigenvalue weighted by molar-refractivity contribution is -0.124. The van der Waals surface area contributed by atoms with Gasteiger partial charge in [-0.15, -0.1) is 12.3 Å². The Kier molecular flexibility index (Phi) is 18.3. The number of nitrogens with zero attached hydrogens (tertiary/aromatic N) is 4. The number of nitrogens with one attached hydrogen (secondary N) is 4. The Morgan fingerprint density at radius 1 is 0.884 bits per heavy atom. The van der Waals surface area contributed by atoms with Gasteiger partial charge in [-0.3, -0.25) is 32.7 Å². The van der Waals surface area contributed by atoms with Crippen LogP contribution in [0.1, 0.15) is 72.7 Å². The third-order valence-corrected chi connectivity index (χ3v) is 11.7. The highest BCUT2D eigenvalue weighted by Gasteiger charge is 2.47. The second-order valence-electron chi connectivity index (χ2n) is 15.8. The summed E-state index contributed by atoms with van der Waals surface area (Å²) in [5.74, 6) is 0.275. The molecular formula is C46H51ClN10O11S. The first-order chi connectivity index (χ1) is 33.1. The molecule has 23 heteroatoms. The SMILES string of the molecule is C#CCCCC(=O)Nc1ccc(C(=O)c2ccc(NC(=O)CCC(=O)NCCCCO[C@H]3[C@@H](O)[C@H](n4cnc5c(N)nc(Cl)nc54)O[C@@H]3COS(=O)(=O)NC(=O)[C@@H](N)Cc3ccccc3)cc2)cc1. The molecule has 6 rings (SSSR count). The van der Waals surface area contributed by atoms with Gasteiger partial charge in [0, 0.05) is 61.3 Å². The summed E-state index contributed by atoms with van der Waals surface area (Å²) in [5, 5.41) is 19.5. The number of amides is 4. The van der Waals surface area contributed by atoms with Crippen LogP contribution < -0.4 is 32.1 Å². The van der Waals surface area contributed by atoms with Gasteiger partial charge in [-0.05, 0) is 91.4 Å². The van der Waals surface area contributed by atoms with E-state index in [0.29, 0.717) is 54.6 Å². The molecule has 1 aliphatic rings. The molecule has 1 fully saturated rings. The average Bonchev–Trinajstić information content (AvgIpc) is 3.88. The number of anilines is 3. The summed E-state index contributed by atoms with van der Waals surface area (Å²) in [6.45, 7) is -0.431. The summed E-state index contributed by atoms with van der Waals surface area (Å²) in [5.41, 5.74) is 14.7. The number of carbonyl (C=O) groups is 5. The molecule has 5 atom stereocenters. The molecule has 0 unspecified atom stereocenters. The number of hydrogen-bond donors (Lipinski definition) is 7. The molecule has 3 aromatic carbocycles. The van der Waals surface area contributed by atoms with Gasteiger partial charge in [-0.2, -0.15) is 18.4 Å². The van der Waals surface area contributed by atoms with E-state index < -0.39 is 59.3 Å². The van der Waals surface area contributed by atoms with Crippen molar-refractivity contribution in [2.45, 2.75) is 81.9 Å². The van der Waals surface area contributed by atoms with E-state index >= 15 is 0 Å². The molecule has 9 N–H and O–H groups in total. The Hall–Kier alpha value is -6.84. The Bertz CT molecular complexity index is 2760. The average molecular weight is 987 g/mol. The minimum Gasteiger partial charge on any atom is -0.386 e. The number of halogens is 1. The standard InChI is InChI=1S/C46H51ClN10O11S/c1-2-3-5-12-36(59)52-31-17-13-29(14-18-31)39(61)30-15-19-32(20-16-30)53-37(60)22-21-35(58)50-23-8-9-24-66-41-34(26-67-69(64,65)56-44(63)33(48)25-28-10-6-4-7-11-28)68-45(40(41)62)57-27-51-38-42(49)54-46(47)55-43(38)57/h1,4,6-7,10-11,13-20,27,33-34,40-41,45,62H,3,5,8-9,12,21-26,48H2,(H,50,58)(H,52,59)(H,53,60)(H,56,63)(H2,49,54,55)/t33-,34+,40+,41+,45+/m0/s1. The summed E-state index contributed by atoms with van der Waals surface area (Å²) in [4.78, 5) is 75.2. The van der Waals surface area contributed by atoms with Crippen LogP contribution in [0.2, 0.25) is 5.28 Å². The number of imidazole rings is 1. The molecule has 0 saturated carbocycles. The molecule has 2 aromatic heterocycles. The van der Waals surface area contributed by atoms with Gasteiger partial charge in [-0.25, -0.2) is 9.71 Å². The highest BCUT2D eigenvalue weighted by atomic mass is 35.5. The second kappa shape index (κ2) is 24.4. The number of fused-ring (bicyclic) bond motifs is 1. The van der Waals surface area contributed by atoms with Crippen molar-refractivity contribution in [2.75, 3.05) is 36.1 Å². The maximum atomic E-state index is 13.0. The molecule has 0 bridgehead atoms. The van der Waals surface area contributed by atoms with Crippen molar-refractivity contribution in [2.24, 2.45) is 5.73 Å². The summed E-state index contributed by atoms with van der Waals surface area (Å²) in [6, 6.07) is 20.4. The summed E-state index contributed by atoms with van der Waals surface area (Å²) in [7, 11) is -4.71. The Balaban J connectivity index is 0.935. The topological polar surface area (TPSA) is 311 Å². The number of aliphatic hydroxyl groups excluding tert-OH is 1. The molecule has 1 aliphatic heterocycles. The van der Waals surface area contributed by atoms with E-state index in [-0.39, 0.29) is 72.3 Å². The van der Waals surface area contributed by atoms with Gasteiger partial charge in [0.1, 0.15) is 23.8 Å². The first-order valence-corrected chi connectivity index (χ1v) is 23.5. The van der Waals surface area contributed by atoms with E-state index in [1.165, 1.54) is 10.9 Å². The van der Waals surface area contributed by atoms with Gasteiger partial charge < -0.3 is 42.0 Å². The Labute approximate surface area is 402 Å². The summed E-state index contributed by atoms with van der Waals surface area (Å²) in [6.07, 6.45) is 3.52. The number of ether oxygens (including phenoxy) is 2. The van der Waals surface area contributed by atoms with E-state index in [9.17, 15) is 37.5 Å². The quantitative estimate of drug-likeness (QED) is 0.0202. The zero-order chi connectivity index (χ0) is 49.5. The minimum absolute atomic E-state index is 0.0256. The van der Waals surface area contributed by atoms with Gasteiger partial charge in [0.2, 0.25) is 23.0 Å². The number of nitrogen functional groups attached to an aromatic ring is 1. The number of nitrogens with two attached hydrogens (primary N) is 2. The van der Waals surface area contributed by atoms with Gasteiger partial charge in [0.05, 0.1) is 19.0 Å². The summed E-state index contributed by atoms with van der Waals surface area (Å²) < 4.78 is 46.1. The monoisotopic (exact) mass is 986 g/mol.